The molecule has 0 saturated heterocycles. The molecule has 0 aliphatic heterocycles. The molecular weight excluding hydrogens is 570 g/mol. The molecule has 3 aromatic rings. The van der Waals surface area contributed by atoms with E-state index in [0.29, 0.717) is 30.1 Å². The second-order valence-electron chi connectivity index (χ2n) is 9.98. The molecule has 0 saturated carbocycles. The highest BCUT2D eigenvalue weighted by atomic mass is 32.2. The molecule has 0 aromatic heterocycles. The number of carbonyl (C=O) groups excluding carboxylic acids is 2. The molecule has 0 bridgehead atoms. The van der Waals surface area contributed by atoms with E-state index in [1.165, 1.54) is 37.3 Å². The van der Waals surface area contributed by atoms with E-state index in [9.17, 15) is 18.0 Å². The number of nitrogens with one attached hydrogen (secondary N) is 1. The van der Waals surface area contributed by atoms with Gasteiger partial charge in [0.05, 0.1) is 31.9 Å². The molecule has 0 fully saturated rings. The van der Waals surface area contributed by atoms with Crippen LogP contribution in [0.2, 0.25) is 0 Å². The van der Waals surface area contributed by atoms with Gasteiger partial charge in [-0.25, -0.2) is 8.42 Å². The minimum Gasteiger partial charge on any atom is -0.497 e. The van der Waals surface area contributed by atoms with E-state index in [1.807, 2.05) is 26.8 Å². The van der Waals surface area contributed by atoms with Crippen LogP contribution < -0.4 is 23.8 Å². The van der Waals surface area contributed by atoms with Crippen LogP contribution in [-0.2, 0) is 26.2 Å². The summed E-state index contributed by atoms with van der Waals surface area (Å²) in [5, 5.41) is 2.97. The molecule has 11 heteroatoms. The van der Waals surface area contributed by atoms with Crippen LogP contribution in [0, 0.1) is 0 Å². The molecule has 1 N–H and O–H groups in total. The molecule has 0 spiro atoms. The van der Waals surface area contributed by atoms with Crippen molar-refractivity contribution in [1.82, 2.24) is 10.2 Å². The molecule has 0 aliphatic rings. The SMILES string of the molecule is CC[C@@H](C)NC(=O)[C@H](CC)N(Cc1cccc(OC)c1)C(=O)CN(c1ccc(OC)c(OC)c1)S(=O)(=O)c1ccccc1. The van der Waals surface area contributed by atoms with Crippen molar-refractivity contribution in [2.24, 2.45) is 0 Å². The maximum absolute atomic E-state index is 14.3. The molecule has 0 radical (unpaired) electrons. The second kappa shape index (κ2) is 15.3. The van der Waals surface area contributed by atoms with Crippen LogP contribution in [0.5, 0.6) is 17.2 Å². The van der Waals surface area contributed by atoms with E-state index >= 15 is 0 Å². The normalized spacial score (nSPS) is 12.5. The molecule has 43 heavy (non-hydrogen) atoms. The van der Waals surface area contributed by atoms with Crippen molar-refractivity contribution in [2.45, 2.75) is 57.1 Å². The van der Waals surface area contributed by atoms with Crippen molar-refractivity contribution < 1.29 is 32.2 Å². The number of benzene rings is 3. The summed E-state index contributed by atoms with van der Waals surface area (Å²) >= 11 is 0. The quantitative estimate of drug-likeness (QED) is 0.267. The Labute approximate surface area is 254 Å². The molecule has 232 valence electrons. The van der Waals surface area contributed by atoms with Gasteiger partial charge in [0.2, 0.25) is 11.8 Å². The highest BCUT2D eigenvalue weighted by Gasteiger charge is 2.34. The fourth-order valence-electron chi connectivity index (χ4n) is 4.56. The minimum absolute atomic E-state index is 0.0125. The standard InChI is InChI=1S/C32H41N3O7S/c1-7-23(3)33-32(37)28(8-2)34(21-24-13-12-14-26(19-24)40-4)31(36)22-35(43(38,39)27-15-10-9-11-16-27)25-17-18-29(41-5)30(20-25)42-6/h9-20,23,28H,7-8,21-22H2,1-6H3,(H,33,37)/t23-,28+/m1/s1. The first-order chi connectivity index (χ1) is 20.6. The number of ether oxygens (including phenoxy) is 3. The molecule has 0 heterocycles. The van der Waals surface area contributed by atoms with E-state index in [1.54, 1.807) is 55.6 Å². The summed E-state index contributed by atoms with van der Waals surface area (Å²) in [6.07, 6.45) is 1.04. The largest absolute Gasteiger partial charge is 0.497 e. The van der Waals surface area contributed by atoms with E-state index in [4.69, 9.17) is 14.2 Å². The van der Waals surface area contributed by atoms with Crippen molar-refractivity contribution >= 4 is 27.5 Å². The third-order valence-corrected chi connectivity index (χ3v) is 8.93. The Morgan fingerprint density at radius 1 is 0.837 bits per heavy atom. The van der Waals surface area contributed by atoms with Gasteiger partial charge in [-0.3, -0.25) is 13.9 Å². The molecule has 2 atom stereocenters. The zero-order valence-corrected chi connectivity index (χ0v) is 26.4. The van der Waals surface area contributed by atoms with Gasteiger partial charge in [0.1, 0.15) is 18.3 Å². The van der Waals surface area contributed by atoms with Crippen molar-refractivity contribution in [3.05, 3.63) is 78.4 Å². The van der Waals surface area contributed by atoms with Crippen LogP contribution in [0.25, 0.3) is 0 Å². The van der Waals surface area contributed by atoms with Crippen molar-refractivity contribution in [2.75, 3.05) is 32.2 Å². The first-order valence-electron chi connectivity index (χ1n) is 14.1. The lowest BCUT2D eigenvalue weighted by Crippen LogP contribution is -2.53. The lowest BCUT2D eigenvalue weighted by molar-refractivity contribution is -0.140. The van der Waals surface area contributed by atoms with Gasteiger partial charge in [-0.05, 0) is 61.7 Å². The molecule has 3 rings (SSSR count). The number of sulfonamides is 1. The fraction of sp³-hybridized carbons (Fsp3) is 0.375. The summed E-state index contributed by atoms with van der Waals surface area (Å²) in [5.74, 6) is 0.441. The number of carbonyl (C=O) groups is 2. The Bertz CT molecular complexity index is 1480. The molecular formula is C32H41N3O7S. The Morgan fingerprint density at radius 3 is 2.14 bits per heavy atom. The van der Waals surface area contributed by atoms with Gasteiger partial charge in [-0.15, -0.1) is 0 Å². The summed E-state index contributed by atoms with van der Waals surface area (Å²) in [4.78, 5) is 29.1. The van der Waals surface area contributed by atoms with Gasteiger partial charge >= 0.3 is 0 Å². The minimum atomic E-state index is -4.22. The van der Waals surface area contributed by atoms with Crippen molar-refractivity contribution in [1.29, 1.82) is 0 Å². The number of amides is 2. The van der Waals surface area contributed by atoms with Crippen LogP contribution in [0.3, 0.4) is 0 Å². The lowest BCUT2D eigenvalue weighted by Gasteiger charge is -2.34. The van der Waals surface area contributed by atoms with Crippen molar-refractivity contribution in [3.63, 3.8) is 0 Å². The molecule has 10 nitrogen and oxygen atoms in total. The number of methoxy groups -OCH3 is 3. The van der Waals surface area contributed by atoms with Gasteiger partial charge < -0.3 is 24.4 Å². The van der Waals surface area contributed by atoms with Crippen LogP contribution in [0.4, 0.5) is 5.69 Å². The number of hydrogen-bond donors (Lipinski definition) is 1. The van der Waals surface area contributed by atoms with Gasteiger partial charge in [-0.1, -0.05) is 44.2 Å². The molecule has 0 aliphatic carbocycles. The monoisotopic (exact) mass is 611 g/mol. The fourth-order valence-corrected chi connectivity index (χ4v) is 5.98. The number of anilines is 1. The first kappa shape index (κ1) is 33.3. The topological polar surface area (TPSA) is 114 Å². The highest BCUT2D eigenvalue weighted by molar-refractivity contribution is 7.92. The summed E-state index contributed by atoms with van der Waals surface area (Å²) < 4.78 is 45.2. The van der Waals surface area contributed by atoms with E-state index in [2.05, 4.69) is 5.32 Å². The van der Waals surface area contributed by atoms with Crippen LogP contribution >= 0.6 is 0 Å². The van der Waals surface area contributed by atoms with Crippen LogP contribution in [0.15, 0.2) is 77.7 Å². The van der Waals surface area contributed by atoms with Gasteiger partial charge in [0.15, 0.2) is 11.5 Å². The van der Waals surface area contributed by atoms with Gasteiger partial charge in [-0.2, -0.15) is 0 Å². The zero-order valence-electron chi connectivity index (χ0n) is 25.6. The summed E-state index contributed by atoms with van der Waals surface area (Å²) in [7, 11) is 0.252. The predicted molar refractivity (Wildman–Crippen MR) is 166 cm³/mol. The average molecular weight is 612 g/mol. The smallest absolute Gasteiger partial charge is 0.264 e. The summed E-state index contributed by atoms with van der Waals surface area (Å²) in [6.45, 7) is 5.17. The summed E-state index contributed by atoms with van der Waals surface area (Å²) in [6, 6.07) is 18.8. The second-order valence-corrected chi connectivity index (χ2v) is 11.8. The predicted octanol–water partition coefficient (Wildman–Crippen LogP) is 4.63. The average Bonchev–Trinajstić information content (AvgIpc) is 3.03. The Hall–Kier alpha value is -4.25. The van der Waals surface area contributed by atoms with Gasteiger partial charge in [0, 0.05) is 18.7 Å². The molecule has 0 unspecified atom stereocenters. The highest BCUT2D eigenvalue weighted by Crippen LogP contribution is 2.34. The van der Waals surface area contributed by atoms with E-state index in [0.717, 1.165) is 9.87 Å². The third kappa shape index (κ3) is 8.19. The Morgan fingerprint density at radius 2 is 1.53 bits per heavy atom. The first-order valence-corrected chi connectivity index (χ1v) is 15.6. The molecule has 3 aromatic carbocycles. The van der Waals surface area contributed by atoms with E-state index < -0.39 is 28.5 Å². The maximum atomic E-state index is 14.3. The number of nitrogens with zero attached hydrogens (tertiary/aromatic N) is 2. The maximum Gasteiger partial charge on any atom is 0.264 e. The van der Waals surface area contributed by atoms with Crippen molar-refractivity contribution in [3.8, 4) is 17.2 Å². The van der Waals surface area contributed by atoms with Gasteiger partial charge in [0.25, 0.3) is 10.0 Å². The van der Waals surface area contributed by atoms with Crippen LogP contribution in [0.1, 0.15) is 39.2 Å². The Balaban J connectivity index is 2.11. The van der Waals surface area contributed by atoms with E-state index in [-0.39, 0.29) is 29.1 Å². The lowest BCUT2D eigenvalue weighted by atomic mass is 10.1. The summed E-state index contributed by atoms with van der Waals surface area (Å²) in [5.41, 5.74) is 0.930. The molecule has 2 amide bonds. The zero-order chi connectivity index (χ0) is 31.6. The number of rotatable bonds is 15. The van der Waals surface area contributed by atoms with Crippen LogP contribution in [-0.4, -0.2) is 65.1 Å². The third-order valence-electron chi connectivity index (χ3n) is 7.14. The Kier molecular flexibility index (Phi) is 11.8. The number of hydrogen-bond acceptors (Lipinski definition) is 7.